The summed E-state index contributed by atoms with van der Waals surface area (Å²) in [7, 11) is 6.93. The smallest absolute Gasteiger partial charge is 0.295 e. The highest BCUT2D eigenvalue weighted by molar-refractivity contribution is 6.46. The van der Waals surface area contributed by atoms with Crippen LogP contribution in [-0.4, -0.2) is 63.2 Å². The van der Waals surface area contributed by atoms with Gasteiger partial charge in [-0.25, -0.2) is 0 Å². The number of anilines is 1. The van der Waals surface area contributed by atoms with E-state index >= 15 is 0 Å². The third kappa shape index (κ3) is 4.59. The van der Waals surface area contributed by atoms with Gasteiger partial charge in [0.25, 0.3) is 11.7 Å². The number of ether oxygens (including phenoxy) is 2. The SMILES string of the molecule is COCCCN1C(=O)C(=O)/C(=C(\O)c2ccc(OC)c(Cl)c2)C1c1ccc(N(C)C)cc1. The first-order valence-electron chi connectivity index (χ1n) is 10.2. The maximum absolute atomic E-state index is 13.0. The van der Waals surface area contributed by atoms with E-state index in [9.17, 15) is 14.7 Å². The molecule has 32 heavy (non-hydrogen) atoms. The van der Waals surface area contributed by atoms with Gasteiger partial charge in [-0.05, 0) is 42.3 Å². The second-order valence-corrected chi connectivity index (χ2v) is 8.08. The van der Waals surface area contributed by atoms with Gasteiger partial charge in [0.15, 0.2) is 0 Å². The zero-order chi connectivity index (χ0) is 23.4. The molecule has 8 heteroatoms. The van der Waals surface area contributed by atoms with Crippen molar-refractivity contribution in [3.8, 4) is 5.75 Å². The van der Waals surface area contributed by atoms with Gasteiger partial charge < -0.3 is 24.4 Å². The Morgan fingerprint density at radius 1 is 1.12 bits per heavy atom. The minimum atomic E-state index is -0.728. The van der Waals surface area contributed by atoms with Crippen molar-refractivity contribution in [1.82, 2.24) is 4.90 Å². The van der Waals surface area contributed by atoms with E-state index < -0.39 is 17.7 Å². The van der Waals surface area contributed by atoms with E-state index in [4.69, 9.17) is 21.1 Å². The average molecular weight is 459 g/mol. The molecule has 1 N–H and O–H groups in total. The number of hydrogen-bond donors (Lipinski definition) is 1. The molecule has 1 heterocycles. The van der Waals surface area contributed by atoms with Crippen molar-refractivity contribution in [2.75, 3.05) is 46.4 Å². The van der Waals surface area contributed by atoms with Gasteiger partial charge in [0, 0.05) is 45.6 Å². The molecule has 7 nitrogen and oxygen atoms in total. The molecule has 1 atom stereocenters. The average Bonchev–Trinajstić information content (AvgIpc) is 3.03. The van der Waals surface area contributed by atoms with Gasteiger partial charge in [-0.3, -0.25) is 9.59 Å². The van der Waals surface area contributed by atoms with Crippen molar-refractivity contribution in [3.63, 3.8) is 0 Å². The molecule has 0 bridgehead atoms. The summed E-state index contributed by atoms with van der Waals surface area (Å²) >= 11 is 6.22. The quantitative estimate of drug-likeness (QED) is 0.280. The van der Waals surface area contributed by atoms with Crippen LogP contribution in [0, 0.1) is 0 Å². The lowest BCUT2D eigenvalue weighted by atomic mass is 9.95. The molecule has 1 saturated heterocycles. The van der Waals surface area contributed by atoms with Crippen molar-refractivity contribution in [2.45, 2.75) is 12.5 Å². The number of nitrogens with zero attached hydrogens (tertiary/aromatic N) is 2. The summed E-state index contributed by atoms with van der Waals surface area (Å²) in [6.07, 6.45) is 0.560. The number of rotatable bonds is 8. The number of amides is 1. The highest BCUT2D eigenvalue weighted by atomic mass is 35.5. The predicted octanol–water partition coefficient (Wildman–Crippen LogP) is 3.87. The fraction of sp³-hybridized carbons (Fsp3) is 0.333. The standard InChI is InChI=1S/C24H27ClN2O5/c1-26(2)17-9-6-15(7-10-17)21-20(23(29)24(30)27(21)12-5-13-31-3)22(28)16-8-11-19(32-4)18(25)14-16/h6-11,14,21,28H,5,12-13H2,1-4H3/b22-20-. The molecule has 2 aromatic carbocycles. The number of likely N-dealkylation sites (tertiary alicyclic amines) is 1. The summed E-state index contributed by atoms with van der Waals surface area (Å²) in [4.78, 5) is 29.4. The topological polar surface area (TPSA) is 79.3 Å². The molecule has 3 rings (SSSR count). The van der Waals surface area contributed by atoms with Crippen LogP contribution in [0.15, 0.2) is 48.0 Å². The van der Waals surface area contributed by atoms with E-state index in [1.54, 1.807) is 19.2 Å². The van der Waals surface area contributed by atoms with E-state index in [2.05, 4.69) is 0 Å². The minimum Gasteiger partial charge on any atom is -0.507 e. The molecule has 2 aromatic rings. The number of aliphatic hydroxyl groups is 1. The number of carbonyl (C=O) groups is 2. The Kier molecular flexibility index (Phi) is 7.43. The number of Topliss-reactive ketones (excluding diaryl/α,β-unsaturated/α-hetero) is 1. The zero-order valence-corrected chi connectivity index (χ0v) is 19.3. The summed E-state index contributed by atoms with van der Waals surface area (Å²) in [6, 6.07) is 11.6. The third-order valence-electron chi connectivity index (χ3n) is 5.44. The number of halogens is 1. The number of benzene rings is 2. The zero-order valence-electron chi connectivity index (χ0n) is 18.6. The molecule has 1 fully saturated rings. The summed E-state index contributed by atoms with van der Waals surface area (Å²) in [5.41, 5.74) is 2.08. The molecular formula is C24H27ClN2O5. The number of aliphatic hydroxyl groups excluding tert-OH is 1. The summed E-state index contributed by atoms with van der Waals surface area (Å²) < 4.78 is 10.3. The molecule has 0 spiro atoms. The Morgan fingerprint density at radius 2 is 1.81 bits per heavy atom. The van der Waals surface area contributed by atoms with Crippen LogP contribution in [0.25, 0.3) is 5.76 Å². The Morgan fingerprint density at radius 3 is 2.38 bits per heavy atom. The summed E-state index contributed by atoms with van der Waals surface area (Å²) in [6.45, 7) is 0.766. The lowest BCUT2D eigenvalue weighted by Crippen LogP contribution is -2.31. The summed E-state index contributed by atoms with van der Waals surface area (Å²) in [5, 5.41) is 11.4. The van der Waals surface area contributed by atoms with Crippen LogP contribution in [0.5, 0.6) is 5.75 Å². The predicted molar refractivity (Wildman–Crippen MR) is 124 cm³/mol. The Labute approximate surface area is 192 Å². The van der Waals surface area contributed by atoms with Gasteiger partial charge in [0.2, 0.25) is 0 Å². The monoisotopic (exact) mass is 458 g/mol. The van der Waals surface area contributed by atoms with Crippen LogP contribution in [-0.2, 0) is 14.3 Å². The molecule has 0 aliphatic carbocycles. The van der Waals surface area contributed by atoms with E-state index in [0.29, 0.717) is 30.9 Å². The second kappa shape index (κ2) is 10.1. The van der Waals surface area contributed by atoms with Crippen molar-refractivity contribution in [3.05, 3.63) is 64.2 Å². The Hall–Kier alpha value is -3.03. The van der Waals surface area contributed by atoms with Crippen LogP contribution < -0.4 is 9.64 Å². The van der Waals surface area contributed by atoms with Crippen molar-refractivity contribution in [1.29, 1.82) is 0 Å². The van der Waals surface area contributed by atoms with Crippen molar-refractivity contribution < 1.29 is 24.2 Å². The Balaban J connectivity index is 2.12. The molecular weight excluding hydrogens is 432 g/mol. The highest BCUT2D eigenvalue weighted by Crippen LogP contribution is 2.40. The maximum Gasteiger partial charge on any atom is 0.295 e. The molecule has 1 aliphatic heterocycles. The number of carbonyl (C=O) groups excluding carboxylic acids is 2. The molecule has 0 aromatic heterocycles. The number of methoxy groups -OCH3 is 2. The number of hydrogen-bond acceptors (Lipinski definition) is 6. The van der Waals surface area contributed by atoms with Gasteiger partial charge in [-0.15, -0.1) is 0 Å². The molecule has 1 amide bonds. The second-order valence-electron chi connectivity index (χ2n) is 7.67. The van der Waals surface area contributed by atoms with Gasteiger partial charge in [0.1, 0.15) is 11.5 Å². The van der Waals surface area contributed by atoms with Crippen LogP contribution in [0.4, 0.5) is 5.69 Å². The third-order valence-corrected chi connectivity index (χ3v) is 5.73. The van der Waals surface area contributed by atoms with Crippen LogP contribution in [0.3, 0.4) is 0 Å². The lowest BCUT2D eigenvalue weighted by Gasteiger charge is -2.26. The van der Waals surface area contributed by atoms with E-state index in [1.165, 1.54) is 18.1 Å². The summed E-state index contributed by atoms with van der Waals surface area (Å²) in [5.74, 6) is -1.21. The lowest BCUT2D eigenvalue weighted by molar-refractivity contribution is -0.140. The van der Waals surface area contributed by atoms with Gasteiger partial charge in [0.05, 0.1) is 23.7 Å². The molecule has 1 aliphatic rings. The number of ketones is 1. The largest absolute Gasteiger partial charge is 0.507 e. The van der Waals surface area contributed by atoms with Gasteiger partial charge in [-0.1, -0.05) is 23.7 Å². The first-order chi connectivity index (χ1) is 15.3. The van der Waals surface area contributed by atoms with Gasteiger partial charge in [-0.2, -0.15) is 0 Å². The fourth-order valence-electron chi connectivity index (χ4n) is 3.76. The fourth-order valence-corrected chi connectivity index (χ4v) is 4.02. The molecule has 0 radical (unpaired) electrons. The van der Waals surface area contributed by atoms with Crippen LogP contribution in [0.2, 0.25) is 5.02 Å². The van der Waals surface area contributed by atoms with Crippen molar-refractivity contribution in [2.24, 2.45) is 0 Å². The van der Waals surface area contributed by atoms with Crippen LogP contribution >= 0.6 is 11.6 Å². The van der Waals surface area contributed by atoms with Crippen LogP contribution in [0.1, 0.15) is 23.6 Å². The van der Waals surface area contributed by atoms with E-state index in [0.717, 1.165) is 11.3 Å². The first-order valence-corrected chi connectivity index (χ1v) is 10.6. The Bertz CT molecular complexity index is 1030. The molecule has 170 valence electrons. The highest BCUT2D eigenvalue weighted by Gasteiger charge is 2.45. The van der Waals surface area contributed by atoms with E-state index in [-0.39, 0.29) is 16.4 Å². The van der Waals surface area contributed by atoms with Crippen molar-refractivity contribution >= 4 is 34.7 Å². The molecule has 1 unspecified atom stereocenters. The van der Waals surface area contributed by atoms with E-state index in [1.807, 2.05) is 43.3 Å². The normalized spacial score (nSPS) is 17.7. The minimum absolute atomic E-state index is 0.0336. The first kappa shape index (κ1) is 23.6. The van der Waals surface area contributed by atoms with Gasteiger partial charge >= 0.3 is 0 Å². The maximum atomic E-state index is 13.0. The molecule has 0 saturated carbocycles.